The highest BCUT2D eigenvalue weighted by atomic mass is 16.7. The first-order valence-corrected chi connectivity index (χ1v) is 29.7. The molecule has 6 unspecified atom stereocenters. The van der Waals surface area contributed by atoms with E-state index < -0.39 is 53.1 Å². The highest BCUT2D eigenvalue weighted by molar-refractivity contribution is 5.81. The van der Waals surface area contributed by atoms with E-state index in [1.54, 1.807) is 30.0 Å². The molecule has 4 aromatic rings. The van der Waals surface area contributed by atoms with E-state index in [9.17, 15) is 29.3 Å². The van der Waals surface area contributed by atoms with Crippen molar-refractivity contribution >= 4 is 35.1 Å². The normalized spacial score (nSPS) is 22.3. The number of nitro groups is 1. The summed E-state index contributed by atoms with van der Waals surface area (Å²) < 4.78 is 47.7. The Hall–Kier alpha value is -6.68. The second-order valence-electron chi connectivity index (χ2n) is 25.0. The minimum absolute atomic E-state index is 0.00739. The van der Waals surface area contributed by atoms with Gasteiger partial charge >= 0.3 is 17.9 Å². The van der Waals surface area contributed by atoms with Gasteiger partial charge in [-0.05, 0) is 134 Å². The molecule has 0 aromatic heterocycles. The molecule has 10 atom stereocenters. The van der Waals surface area contributed by atoms with E-state index in [1.165, 1.54) is 29.5 Å². The zero-order chi connectivity index (χ0) is 63.6. The van der Waals surface area contributed by atoms with Gasteiger partial charge in [0.1, 0.15) is 44.6 Å². The Kier molecular flexibility index (Phi) is 26.4. The van der Waals surface area contributed by atoms with Crippen LogP contribution in [0.3, 0.4) is 0 Å². The molecule has 0 aliphatic carbocycles. The number of nitro benzene ring substituents is 1. The van der Waals surface area contributed by atoms with Crippen molar-refractivity contribution in [2.24, 2.45) is 35.5 Å². The first-order chi connectivity index (χ1) is 40.4. The molecular weight excluding hydrogens is 1100 g/mol. The van der Waals surface area contributed by atoms with Crippen molar-refractivity contribution in [1.82, 2.24) is 19.6 Å². The van der Waals surface area contributed by atoms with Gasteiger partial charge in [-0.15, -0.1) is 0 Å². The summed E-state index contributed by atoms with van der Waals surface area (Å²) in [5.41, 5.74) is 8.89. The number of hydrogen-bond donors (Lipinski definition) is 1. The van der Waals surface area contributed by atoms with Gasteiger partial charge in [-0.25, -0.2) is 9.59 Å². The van der Waals surface area contributed by atoms with Crippen LogP contribution in [0.2, 0.25) is 0 Å². The number of rotatable bonds is 27. The van der Waals surface area contributed by atoms with E-state index >= 15 is 0 Å². The van der Waals surface area contributed by atoms with Crippen LogP contribution < -0.4 is 15.2 Å². The quantitative estimate of drug-likeness (QED) is 0.0253. The van der Waals surface area contributed by atoms with Crippen LogP contribution in [0.1, 0.15) is 105 Å². The van der Waals surface area contributed by atoms with Crippen molar-refractivity contribution in [3.8, 4) is 11.5 Å². The molecule has 86 heavy (non-hydrogen) atoms. The van der Waals surface area contributed by atoms with Crippen LogP contribution in [0.15, 0.2) is 97.1 Å². The number of anilines is 1. The van der Waals surface area contributed by atoms with Crippen molar-refractivity contribution in [2.75, 3.05) is 73.6 Å². The van der Waals surface area contributed by atoms with Gasteiger partial charge in [-0.1, -0.05) is 114 Å². The van der Waals surface area contributed by atoms with E-state index in [1.807, 2.05) is 148 Å². The Balaban J connectivity index is 0.000000314. The third kappa shape index (κ3) is 21.3. The number of nitrogens with zero attached hydrogens (tertiary/aromatic N) is 5. The first-order valence-electron chi connectivity index (χ1n) is 29.7. The average molecular weight is 1200 g/mol. The molecule has 2 saturated heterocycles. The van der Waals surface area contributed by atoms with Gasteiger partial charge in [0.15, 0.2) is 17.3 Å². The minimum Gasteiger partial charge on any atom is -0.462 e. The van der Waals surface area contributed by atoms with Crippen LogP contribution in [0.4, 0.5) is 21.0 Å². The molecule has 0 saturated carbocycles. The highest BCUT2D eigenvalue weighted by Gasteiger charge is 2.44. The van der Waals surface area contributed by atoms with Crippen molar-refractivity contribution in [1.29, 1.82) is 0 Å². The summed E-state index contributed by atoms with van der Waals surface area (Å²) in [6, 6.07) is 29.8. The second kappa shape index (κ2) is 32.3. The van der Waals surface area contributed by atoms with E-state index in [2.05, 4.69) is 26.0 Å². The molecule has 2 amide bonds. The van der Waals surface area contributed by atoms with Crippen LogP contribution in [0, 0.1) is 45.6 Å². The SMILES string of the molecule is CC(=O)C1OC(Oc2ccc(COC(=O)N(CCN(C)C)COC(C)(C)Cc3ccccc3)cc2N)[C@@H](C)[C@@H](C)C1C.CC(=O)C1OC(Oc2ccc(COC(=O)N(CCN(C)C)COC(C)(C)Cc3ccccc3)cc2[N+](=O)[O-])[C@@H](C)[C@@H](C)C1C. The molecular formula is C66H96N6O14. The summed E-state index contributed by atoms with van der Waals surface area (Å²) in [6.45, 7) is 25.2. The summed E-state index contributed by atoms with van der Waals surface area (Å²) in [6.07, 6.45) is -2.24. The molecule has 4 aromatic carbocycles. The molecule has 6 rings (SSSR count). The van der Waals surface area contributed by atoms with Crippen molar-refractivity contribution < 1.29 is 62.0 Å². The zero-order valence-electron chi connectivity index (χ0n) is 53.6. The van der Waals surface area contributed by atoms with Crippen LogP contribution in [0.5, 0.6) is 11.5 Å². The lowest BCUT2D eigenvalue weighted by Crippen LogP contribution is -2.49. The lowest BCUT2D eigenvalue weighted by molar-refractivity contribution is -0.386. The number of ketones is 2. The fourth-order valence-corrected chi connectivity index (χ4v) is 10.2. The van der Waals surface area contributed by atoms with E-state index in [0.29, 0.717) is 49.6 Å². The molecule has 2 heterocycles. The molecule has 2 aliphatic rings. The van der Waals surface area contributed by atoms with Gasteiger partial charge in [-0.2, -0.15) is 0 Å². The predicted octanol–water partition coefficient (Wildman–Crippen LogP) is 11.1. The number of hydrogen-bond acceptors (Lipinski definition) is 17. The fraction of sp³-hybridized carbons (Fsp3) is 0.576. The summed E-state index contributed by atoms with van der Waals surface area (Å²) in [4.78, 5) is 69.0. The van der Waals surface area contributed by atoms with Gasteiger partial charge in [-0.3, -0.25) is 29.5 Å². The molecule has 0 radical (unpaired) electrons. The Morgan fingerprint density at radius 2 is 0.919 bits per heavy atom. The largest absolute Gasteiger partial charge is 0.462 e. The number of benzene rings is 4. The summed E-state index contributed by atoms with van der Waals surface area (Å²) in [5, 5.41) is 12.0. The smallest absolute Gasteiger partial charge is 0.411 e. The number of Topliss-reactive ketones (excluding diaryl/α,β-unsaturated/α-hetero) is 2. The lowest BCUT2D eigenvalue weighted by Gasteiger charge is -2.42. The van der Waals surface area contributed by atoms with Gasteiger partial charge in [0.05, 0.1) is 21.8 Å². The maximum Gasteiger partial charge on any atom is 0.411 e. The molecule has 474 valence electrons. The van der Waals surface area contributed by atoms with Gasteiger partial charge in [0, 0.05) is 56.9 Å². The Morgan fingerprint density at radius 3 is 1.29 bits per heavy atom. The van der Waals surface area contributed by atoms with Crippen molar-refractivity contribution in [3.05, 3.63) is 129 Å². The fourth-order valence-electron chi connectivity index (χ4n) is 10.2. The monoisotopic (exact) mass is 1200 g/mol. The summed E-state index contributed by atoms with van der Waals surface area (Å²) >= 11 is 0. The second-order valence-corrected chi connectivity index (χ2v) is 25.0. The van der Waals surface area contributed by atoms with Gasteiger partial charge in [0.2, 0.25) is 12.6 Å². The summed E-state index contributed by atoms with van der Waals surface area (Å²) in [7, 11) is 7.73. The standard InChI is InChI=1S/C33H47N3O8.C33H49N3O6/c1-22-23(2)30(25(4)37)44-31(24(22)3)43-29-15-14-27(18-28(29)36(39)40)20-41-32(38)35(17-16-34(7)8)21-42-33(5,6)19-26-12-10-9-11-13-26;1-22-23(2)30(25(4)37)42-31(24(22)3)41-29-15-14-27(18-28(29)34)20-39-32(38)36(17-16-35(7)8)21-40-33(5,6)19-26-12-10-9-11-13-26/h9-15,18,22-24,30-31H,16-17,19-21H2,1-8H3;9-15,18,22-24,30-31H,16-17,19-21,34H2,1-8H3/t2*22-,23?,24-,30?,31?/m00/s1. The number of ether oxygens (including phenoxy) is 8. The Morgan fingerprint density at radius 1 is 0.535 bits per heavy atom. The zero-order valence-corrected chi connectivity index (χ0v) is 53.6. The lowest BCUT2D eigenvalue weighted by atomic mass is 9.78. The molecule has 20 heteroatoms. The number of carbonyl (C=O) groups excluding carboxylic acids is 4. The van der Waals surface area contributed by atoms with Crippen LogP contribution in [-0.2, 0) is 64.1 Å². The minimum atomic E-state index is -0.825. The topological polar surface area (TPSA) is 224 Å². The number of nitrogen functional groups attached to an aromatic ring is 1. The van der Waals surface area contributed by atoms with Crippen LogP contribution in [0.25, 0.3) is 0 Å². The third-order valence-corrected chi connectivity index (χ3v) is 16.3. The van der Waals surface area contributed by atoms with Crippen LogP contribution in [-0.4, -0.2) is 152 Å². The number of carbonyl (C=O) groups is 4. The van der Waals surface area contributed by atoms with E-state index in [0.717, 1.165) is 17.5 Å². The highest BCUT2D eigenvalue weighted by Crippen LogP contribution is 2.40. The molecule has 2 N–H and O–H groups in total. The molecule has 0 spiro atoms. The van der Waals surface area contributed by atoms with Crippen molar-refractivity contribution in [2.45, 2.75) is 145 Å². The Bertz CT molecular complexity index is 2820. The number of nitrogens with two attached hydrogens (primary N) is 1. The first kappa shape index (κ1) is 70.1. The van der Waals surface area contributed by atoms with E-state index in [-0.39, 0.29) is 85.2 Å². The molecule has 2 fully saturated rings. The van der Waals surface area contributed by atoms with Gasteiger partial charge in [0.25, 0.3) is 0 Å². The number of amides is 2. The third-order valence-electron chi connectivity index (χ3n) is 16.3. The van der Waals surface area contributed by atoms with Crippen molar-refractivity contribution in [3.63, 3.8) is 0 Å². The number of likely N-dealkylation sites (N-methyl/N-ethyl adjacent to an activating group) is 2. The molecule has 2 aliphatic heterocycles. The van der Waals surface area contributed by atoms with Crippen LogP contribution >= 0.6 is 0 Å². The molecule has 20 nitrogen and oxygen atoms in total. The van der Waals surface area contributed by atoms with E-state index in [4.69, 9.17) is 43.6 Å². The van der Waals surface area contributed by atoms with Gasteiger partial charge < -0.3 is 53.4 Å². The average Bonchev–Trinajstić information content (AvgIpc) is 1.68. The summed E-state index contributed by atoms with van der Waals surface area (Å²) in [5.74, 6) is 0.768. The maximum absolute atomic E-state index is 13.1. The predicted molar refractivity (Wildman–Crippen MR) is 330 cm³/mol. The Labute approximate surface area is 510 Å². The molecule has 0 bridgehead atoms. The maximum atomic E-state index is 13.1.